The molecule has 0 saturated heterocycles. The van der Waals surface area contributed by atoms with Crippen LogP contribution in [0.2, 0.25) is 0 Å². The number of nitrogens with one attached hydrogen (secondary N) is 1. The zero-order valence-corrected chi connectivity index (χ0v) is 13.4. The average Bonchev–Trinajstić information content (AvgIpc) is 2.88. The van der Waals surface area contributed by atoms with Gasteiger partial charge < -0.3 is 5.32 Å². The second-order valence-corrected chi connectivity index (χ2v) is 6.32. The fourth-order valence-electron chi connectivity index (χ4n) is 2.04. The first kappa shape index (κ1) is 14.7. The van der Waals surface area contributed by atoms with Crippen molar-refractivity contribution in [2.75, 3.05) is 6.54 Å². The van der Waals surface area contributed by atoms with Gasteiger partial charge in [0.2, 0.25) is 0 Å². The van der Waals surface area contributed by atoms with Gasteiger partial charge in [-0.05, 0) is 58.7 Å². The molecule has 1 N–H and O–H groups in total. The van der Waals surface area contributed by atoms with E-state index in [-0.39, 0.29) is 5.82 Å². The quantitative estimate of drug-likeness (QED) is 0.769. The van der Waals surface area contributed by atoms with Crippen molar-refractivity contribution in [3.63, 3.8) is 0 Å². The summed E-state index contributed by atoms with van der Waals surface area (Å²) in [6.07, 6.45) is 1.07. The lowest BCUT2D eigenvalue weighted by Crippen LogP contribution is -2.18. The third-order valence-corrected chi connectivity index (χ3v) is 4.89. The van der Waals surface area contributed by atoms with E-state index in [4.69, 9.17) is 0 Å². The highest BCUT2D eigenvalue weighted by Crippen LogP contribution is 2.34. The van der Waals surface area contributed by atoms with Gasteiger partial charge in [0.1, 0.15) is 5.82 Å². The molecule has 1 unspecified atom stereocenters. The lowest BCUT2D eigenvalue weighted by molar-refractivity contribution is 0.545. The van der Waals surface area contributed by atoms with Gasteiger partial charge in [0.15, 0.2) is 0 Å². The largest absolute Gasteiger partial charge is 0.310 e. The van der Waals surface area contributed by atoms with E-state index in [0.29, 0.717) is 10.5 Å². The molecule has 0 aliphatic heterocycles. The van der Waals surface area contributed by atoms with Crippen LogP contribution < -0.4 is 5.32 Å². The number of halogens is 2. The molecule has 1 nitrogen and oxygen atoms in total. The van der Waals surface area contributed by atoms with Gasteiger partial charge in [-0.3, -0.25) is 0 Å². The van der Waals surface area contributed by atoms with Crippen LogP contribution in [-0.2, 0) is 0 Å². The number of hydrogen-bond donors (Lipinski definition) is 1. The molecule has 0 radical (unpaired) electrons. The highest BCUT2D eigenvalue weighted by atomic mass is 79.9. The molecule has 102 valence electrons. The van der Waals surface area contributed by atoms with Crippen molar-refractivity contribution in [1.82, 2.24) is 5.32 Å². The van der Waals surface area contributed by atoms with Gasteiger partial charge in [-0.2, -0.15) is 0 Å². The van der Waals surface area contributed by atoms with E-state index in [1.165, 1.54) is 15.8 Å². The van der Waals surface area contributed by atoms with Crippen LogP contribution in [0.15, 0.2) is 34.8 Å². The van der Waals surface area contributed by atoms with Crippen molar-refractivity contribution in [1.29, 1.82) is 0 Å². The zero-order chi connectivity index (χ0) is 13.8. The van der Waals surface area contributed by atoms with Crippen LogP contribution in [0.4, 0.5) is 4.39 Å². The van der Waals surface area contributed by atoms with Crippen molar-refractivity contribution in [3.05, 3.63) is 45.5 Å². The molecule has 0 aliphatic carbocycles. The number of hydrogen-bond acceptors (Lipinski definition) is 2. The highest BCUT2D eigenvalue weighted by Gasteiger charge is 2.12. The molecule has 0 spiro atoms. The summed E-state index contributed by atoms with van der Waals surface area (Å²) in [5.41, 5.74) is 1.05. The maximum absolute atomic E-state index is 13.2. The Kier molecular flexibility index (Phi) is 5.13. The summed E-state index contributed by atoms with van der Waals surface area (Å²) >= 11 is 5.00. The third kappa shape index (κ3) is 3.44. The van der Waals surface area contributed by atoms with Crippen LogP contribution in [-0.4, -0.2) is 6.54 Å². The second-order valence-electron chi connectivity index (χ2n) is 4.35. The Morgan fingerprint density at radius 1 is 1.26 bits per heavy atom. The Bertz CT molecular complexity index is 553. The normalized spacial score (nSPS) is 12.6. The van der Waals surface area contributed by atoms with Gasteiger partial charge in [-0.1, -0.05) is 19.9 Å². The van der Waals surface area contributed by atoms with E-state index in [1.807, 2.05) is 12.1 Å². The molecule has 0 amide bonds. The van der Waals surface area contributed by atoms with E-state index in [1.54, 1.807) is 11.3 Å². The molecule has 1 aromatic carbocycles. The molecule has 19 heavy (non-hydrogen) atoms. The van der Waals surface area contributed by atoms with Gasteiger partial charge in [0.05, 0.1) is 4.47 Å². The van der Waals surface area contributed by atoms with Gasteiger partial charge >= 0.3 is 0 Å². The average molecular weight is 342 g/mol. The summed E-state index contributed by atoms with van der Waals surface area (Å²) in [7, 11) is 0. The van der Waals surface area contributed by atoms with Gasteiger partial charge in [-0.15, -0.1) is 11.3 Å². The molecule has 0 fully saturated rings. The molecule has 4 heteroatoms. The zero-order valence-electron chi connectivity index (χ0n) is 11.0. The Morgan fingerprint density at radius 2 is 2.05 bits per heavy atom. The Hall–Kier alpha value is -0.710. The Balaban J connectivity index is 2.27. The predicted octanol–water partition coefficient (Wildman–Crippen LogP) is 5.38. The minimum absolute atomic E-state index is 0.223. The molecular weight excluding hydrogens is 325 g/mol. The van der Waals surface area contributed by atoms with Crippen LogP contribution >= 0.6 is 27.3 Å². The highest BCUT2D eigenvalue weighted by molar-refractivity contribution is 9.10. The molecular formula is C15H17BrFNS. The first-order valence-electron chi connectivity index (χ1n) is 6.44. The van der Waals surface area contributed by atoms with Crippen molar-refractivity contribution < 1.29 is 4.39 Å². The molecule has 1 heterocycles. The first-order valence-corrected chi connectivity index (χ1v) is 8.05. The topological polar surface area (TPSA) is 12.0 Å². The van der Waals surface area contributed by atoms with Gasteiger partial charge in [-0.25, -0.2) is 4.39 Å². The van der Waals surface area contributed by atoms with Crippen LogP contribution in [0.5, 0.6) is 0 Å². The Labute approximate surface area is 126 Å². The van der Waals surface area contributed by atoms with Crippen LogP contribution in [0.3, 0.4) is 0 Å². The third-order valence-electron chi connectivity index (χ3n) is 3.03. The van der Waals surface area contributed by atoms with Crippen molar-refractivity contribution in [2.24, 2.45) is 0 Å². The molecule has 2 aromatic rings. The SMILES string of the molecule is CCNC(CC)c1ccc(-c2ccc(F)c(Br)c2)s1. The minimum atomic E-state index is -0.223. The standard InChI is InChI=1S/C15H17BrFNS/c1-3-13(18-4-2)15-8-7-14(19-15)10-5-6-12(17)11(16)9-10/h5-9,13,18H,3-4H2,1-2H3. The number of thiophene rings is 1. The molecule has 0 aliphatic rings. The summed E-state index contributed by atoms with van der Waals surface area (Å²) in [6.45, 7) is 5.27. The van der Waals surface area contributed by atoms with Crippen molar-refractivity contribution >= 4 is 27.3 Å². The predicted molar refractivity (Wildman–Crippen MR) is 84.1 cm³/mol. The summed E-state index contributed by atoms with van der Waals surface area (Å²) in [4.78, 5) is 2.51. The van der Waals surface area contributed by atoms with Crippen molar-refractivity contribution in [3.8, 4) is 10.4 Å². The fraction of sp³-hybridized carbons (Fsp3) is 0.333. The van der Waals surface area contributed by atoms with Crippen LogP contribution in [0.1, 0.15) is 31.2 Å². The lowest BCUT2D eigenvalue weighted by atomic mass is 10.1. The Morgan fingerprint density at radius 3 is 2.68 bits per heavy atom. The van der Waals surface area contributed by atoms with Gasteiger partial charge in [0, 0.05) is 15.8 Å². The monoisotopic (exact) mass is 341 g/mol. The number of benzene rings is 1. The molecule has 0 saturated carbocycles. The van der Waals surface area contributed by atoms with E-state index >= 15 is 0 Å². The lowest BCUT2D eigenvalue weighted by Gasteiger charge is -2.13. The van der Waals surface area contributed by atoms with E-state index < -0.39 is 0 Å². The summed E-state index contributed by atoms with van der Waals surface area (Å²) < 4.78 is 13.8. The summed E-state index contributed by atoms with van der Waals surface area (Å²) in [5, 5.41) is 3.48. The first-order chi connectivity index (χ1) is 9.15. The smallest absolute Gasteiger partial charge is 0.137 e. The van der Waals surface area contributed by atoms with E-state index in [0.717, 1.165) is 18.5 Å². The fourth-order valence-corrected chi connectivity index (χ4v) is 3.58. The van der Waals surface area contributed by atoms with Crippen molar-refractivity contribution in [2.45, 2.75) is 26.3 Å². The molecule has 1 aromatic heterocycles. The molecule has 1 atom stereocenters. The van der Waals surface area contributed by atoms with E-state index in [2.05, 4.69) is 47.2 Å². The molecule has 0 bridgehead atoms. The van der Waals surface area contributed by atoms with E-state index in [9.17, 15) is 4.39 Å². The minimum Gasteiger partial charge on any atom is -0.310 e. The maximum Gasteiger partial charge on any atom is 0.137 e. The van der Waals surface area contributed by atoms with Crippen LogP contribution in [0.25, 0.3) is 10.4 Å². The molecule has 2 rings (SSSR count). The number of rotatable bonds is 5. The summed E-state index contributed by atoms with van der Waals surface area (Å²) in [5.74, 6) is -0.223. The van der Waals surface area contributed by atoms with Gasteiger partial charge in [0.25, 0.3) is 0 Å². The second kappa shape index (κ2) is 6.64. The summed E-state index contributed by atoms with van der Waals surface area (Å²) in [6, 6.07) is 9.84. The maximum atomic E-state index is 13.2. The van der Waals surface area contributed by atoms with Crippen LogP contribution in [0, 0.1) is 5.82 Å².